The maximum Gasteiger partial charge on any atom is 0.134 e. The van der Waals surface area contributed by atoms with E-state index < -0.39 is 0 Å². The zero-order chi connectivity index (χ0) is 17.8. The van der Waals surface area contributed by atoms with Crippen molar-refractivity contribution in [2.75, 3.05) is 7.11 Å². The Kier molecular flexibility index (Phi) is 5.69. The molecule has 0 spiro atoms. The van der Waals surface area contributed by atoms with E-state index in [4.69, 9.17) is 4.74 Å². The highest BCUT2D eigenvalue weighted by Gasteiger charge is 2.10. The zero-order valence-corrected chi connectivity index (χ0v) is 17.2. The van der Waals surface area contributed by atoms with Crippen molar-refractivity contribution in [1.82, 2.24) is 4.98 Å². The number of rotatable bonds is 4. The molecule has 0 bridgehead atoms. The van der Waals surface area contributed by atoms with E-state index in [1.807, 2.05) is 53.9 Å². The average molecular weight is 476 g/mol. The number of hydrogen-bond donors (Lipinski definition) is 0. The Labute approximate surface area is 166 Å². The Morgan fingerprint density at radius 1 is 1.20 bits per heavy atom. The molecule has 2 aromatic carbocycles. The number of allylic oxidation sites excluding steroid dienone is 1. The van der Waals surface area contributed by atoms with Crippen LogP contribution in [0.1, 0.15) is 10.6 Å². The Hall–Kier alpha value is -1.94. The second-order valence-corrected chi connectivity index (χ2v) is 7.74. The van der Waals surface area contributed by atoms with Gasteiger partial charge in [0.1, 0.15) is 16.8 Å². The number of hydrogen-bond acceptors (Lipinski definition) is 4. The standard InChI is InChI=1S/C19H12Br2N2OS/c1-24-18-7-2-12(9-16(18)21)8-14(10-22)19-23-17(11-25-19)13-3-5-15(20)6-4-13/h2-9,11H,1H3/b14-8+. The van der Waals surface area contributed by atoms with Gasteiger partial charge in [-0.15, -0.1) is 11.3 Å². The summed E-state index contributed by atoms with van der Waals surface area (Å²) in [5.41, 5.74) is 3.33. The van der Waals surface area contributed by atoms with Crippen molar-refractivity contribution in [3.8, 4) is 23.1 Å². The van der Waals surface area contributed by atoms with Crippen molar-refractivity contribution in [3.05, 3.63) is 67.4 Å². The van der Waals surface area contributed by atoms with Crippen LogP contribution in [-0.2, 0) is 0 Å². The molecule has 0 aliphatic carbocycles. The highest BCUT2D eigenvalue weighted by molar-refractivity contribution is 9.10. The van der Waals surface area contributed by atoms with E-state index in [1.165, 1.54) is 11.3 Å². The molecule has 0 radical (unpaired) electrons. The Bertz CT molecular complexity index is 972. The van der Waals surface area contributed by atoms with Gasteiger partial charge >= 0.3 is 0 Å². The molecule has 0 aliphatic rings. The van der Waals surface area contributed by atoms with Crippen molar-refractivity contribution in [1.29, 1.82) is 5.26 Å². The minimum Gasteiger partial charge on any atom is -0.496 e. The van der Waals surface area contributed by atoms with E-state index in [-0.39, 0.29) is 0 Å². The normalized spacial score (nSPS) is 11.2. The second kappa shape index (κ2) is 7.96. The van der Waals surface area contributed by atoms with Gasteiger partial charge in [0.25, 0.3) is 0 Å². The van der Waals surface area contributed by atoms with Crippen molar-refractivity contribution in [3.63, 3.8) is 0 Å². The molecule has 0 fully saturated rings. The highest BCUT2D eigenvalue weighted by atomic mass is 79.9. The third kappa shape index (κ3) is 4.18. The van der Waals surface area contributed by atoms with E-state index in [0.717, 1.165) is 31.5 Å². The molecule has 1 aromatic heterocycles. The van der Waals surface area contributed by atoms with Gasteiger partial charge in [0.2, 0.25) is 0 Å². The van der Waals surface area contributed by atoms with Gasteiger partial charge in [-0.1, -0.05) is 34.1 Å². The summed E-state index contributed by atoms with van der Waals surface area (Å²) >= 11 is 8.35. The molecule has 3 aromatic rings. The number of ether oxygens (including phenoxy) is 1. The molecular formula is C19H12Br2N2OS. The molecule has 3 nitrogen and oxygen atoms in total. The van der Waals surface area contributed by atoms with Crippen molar-refractivity contribution in [2.45, 2.75) is 0 Å². The fourth-order valence-electron chi connectivity index (χ4n) is 2.23. The van der Waals surface area contributed by atoms with Gasteiger partial charge in [0.15, 0.2) is 0 Å². The molecule has 0 saturated carbocycles. The number of methoxy groups -OCH3 is 1. The molecule has 1 heterocycles. The summed E-state index contributed by atoms with van der Waals surface area (Å²) in [5, 5.41) is 12.2. The summed E-state index contributed by atoms with van der Waals surface area (Å²) in [5.74, 6) is 0.752. The van der Waals surface area contributed by atoms with Crippen LogP contribution in [-0.4, -0.2) is 12.1 Å². The SMILES string of the molecule is COc1ccc(/C=C(\C#N)c2nc(-c3ccc(Br)cc3)cs2)cc1Br. The maximum absolute atomic E-state index is 9.53. The van der Waals surface area contributed by atoms with E-state index in [9.17, 15) is 5.26 Å². The van der Waals surface area contributed by atoms with Gasteiger partial charge in [-0.3, -0.25) is 0 Å². The van der Waals surface area contributed by atoms with Gasteiger partial charge in [-0.2, -0.15) is 5.26 Å². The van der Waals surface area contributed by atoms with E-state index in [0.29, 0.717) is 10.6 Å². The molecular weight excluding hydrogens is 464 g/mol. The molecule has 0 N–H and O–H groups in total. The first kappa shape index (κ1) is 17.9. The first-order valence-electron chi connectivity index (χ1n) is 7.28. The summed E-state index contributed by atoms with van der Waals surface area (Å²) < 4.78 is 7.10. The Morgan fingerprint density at radius 3 is 2.60 bits per heavy atom. The zero-order valence-electron chi connectivity index (χ0n) is 13.2. The largest absolute Gasteiger partial charge is 0.496 e. The van der Waals surface area contributed by atoms with Gasteiger partial charge < -0.3 is 4.74 Å². The first-order chi connectivity index (χ1) is 12.1. The van der Waals surface area contributed by atoms with Gasteiger partial charge in [0, 0.05) is 15.4 Å². The van der Waals surface area contributed by atoms with Gasteiger partial charge in [-0.05, 0) is 51.8 Å². The number of benzene rings is 2. The van der Waals surface area contributed by atoms with E-state index in [2.05, 4.69) is 42.9 Å². The fraction of sp³-hybridized carbons (Fsp3) is 0.0526. The molecule has 3 rings (SSSR count). The average Bonchev–Trinajstić information content (AvgIpc) is 3.10. The summed E-state index contributed by atoms with van der Waals surface area (Å²) in [6.07, 6.45) is 1.83. The second-order valence-electron chi connectivity index (χ2n) is 5.11. The predicted molar refractivity (Wildman–Crippen MR) is 109 cm³/mol. The van der Waals surface area contributed by atoms with Crippen molar-refractivity contribution in [2.24, 2.45) is 0 Å². The fourth-order valence-corrected chi connectivity index (χ4v) is 3.85. The lowest BCUT2D eigenvalue weighted by molar-refractivity contribution is 0.412. The minimum atomic E-state index is 0.533. The molecule has 124 valence electrons. The molecule has 0 saturated heterocycles. The number of thiazole rings is 1. The number of aromatic nitrogens is 1. The Morgan fingerprint density at radius 2 is 1.96 bits per heavy atom. The van der Waals surface area contributed by atoms with Crippen LogP contribution in [0.25, 0.3) is 22.9 Å². The molecule has 6 heteroatoms. The molecule has 25 heavy (non-hydrogen) atoms. The van der Waals surface area contributed by atoms with Gasteiger partial charge in [0.05, 0.1) is 22.8 Å². The summed E-state index contributed by atoms with van der Waals surface area (Å²) in [6, 6.07) is 15.9. The summed E-state index contributed by atoms with van der Waals surface area (Å²) in [6.45, 7) is 0. The van der Waals surface area contributed by atoms with Crippen LogP contribution < -0.4 is 4.74 Å². The third-order valence-corrected chi connectivity index (χ3v) is 5.51. The molecule has 0 unspecified atom stereocenters. The van der Waals surface area contributed by atoms with Crippen molar-refractivity contribution >= 4 is 54.8 Å². The monoisotopic (exact) mass is 474 g/mol. The van der Waals surface area contributed by atoms with E-state index >= 15 is 0 Å². The van der Waals surface area contributed by atoms with Crippen LogP contribution in [0.3, 0.4) is 0 Å². The lowest BCUT2D eigenvalue weighted by atomic mass is 10.1. The van der Waals surface area contributed by atoms with Gasteiger partial charge in [-0.25, -0.2) is 4.98 Å². The minimum absolute atomic E-state index is 0.533. The van der Waals surface area contributed by atoms with Crippen LogP contribution in [0, 0.1) is 11.3 Å². The lowest BCUT2D eigenvalue weighted by Gasteiger charge is -2.03. The molecule has 0 aliphatic heterocycles. The summed E-state index contributed by atoms with van der Waals surface area (Å²) in [4.78, 5) is 4.61. The summed E-state index contributed by atoms with van der Waals surface area (Å²) in [7, 11) is 1.62. The quantitative estimate of drug-likeness (QED) is 0.409. The van der Waals surface area contributed by atoms with Crippen LogP contribution in [0.5, 0.6) is 5.75 Å². The predicted octanol–water partition coefficient (Wildman–Crippen LogP) is 6.41. The van der Waals surface area contributed by atoms with Crippen LogP contribution in [0.15, 0.2) is 56.8 Å². The molecule has 0 atom stereocenters. The van der Waals surface area contributed by atoms with Crippen LogP contribution in [0.4, 0.5) is 0 Å². The van der Waals surface area contributed by atoms with E-state index in [1.54, 1.807) is 7.11 Å². The van der Waals surface area contributed by atoms with Crippen LogP contribution in [0.2, 0.25) is 0 Å². The maximum atomic E-state index is 9.53. The Balaban J connectivity index is 1.92. The molecule has 0 amide bonds. The van der Waals surface area contributed by atoms with Crippen molar-refractivity contribution < 1.29 is 4.74 Å². The third-order valence-electron chi connectivity index (χ3n) is 3.48. The van der Waals surface area contributed by atoms with Crippen LogP contribution >= 0.6 is 43.2 Å². The number of nitriles is 1. The topological polar surface area (TPSA) is 45.9 Å². The smallest absolute Gasteiger partial charge is 0.134 e. The first-order valence-corrected chi connectivity index (χ1v) is 9.74. The highest BCUT2D eigenvalue weighted by Crippen LogP contribution is 2.30. The number of halogens is 2. The number of nitrogens with zero attached hydrogens (tertiary/aromatic N) is 2. The lowest BCUT2D eigenvalue weighted by Crippen LogP contribution is -1.86.